The lowest BCUT2D eigenvalue weighted by Crippen LogP contribution is -2.24. The minimum absolute atomic E-state index is 0.163. The molecule has 1 aromatic carbocycles. The van der Waals surface area contributed by atoms with Gasteiger partial charge in [0.15, 0.2) is 0 Å². The Balaban J connectivity index is 1.47. The zero-order valence-corrected chi connectivity index (χ0v) is 15.2. The van der Waals surface area contributed by atoms with E-state index < -0.39 is 0 Å². The lowest BCUT2D eigenvalue weighted by molar-refractivity contribution is 0.434. The average Bonchev–Trinajstić information content (AvgIpc) is 2.61. The number of halogens is 1. The molecule has 0 spiro atoms. The quantitative estimate of drug-likeness (QED) is 0.586. The van der Waals surface area contributed by atoms with Gasteiger partial charge in [0.25, 0.3) is 0 Å². The molecule has 2 nitrogen and oxygen atoms in total. The van der Waals surface area contributed by atoms with Crippen LogP contribution in [0.15, 0.2) is 54.1 Å². The van der Waals surface area contributed by atoms with Crippen molar-refractivity contribution in [2.24, 2.45) is 0 Å². The van der Waals surface area contributed by atoms with Gasteiger partial charge >= 0.3 is 0 Å². The van der Waals surface area contributed by atoms with E-state index in [0.29, 0.717) is 0 Å². The van der Waals surface area contributed by atoms with Crippen LogP contribution in [0.25, 0.3) is 0 Å². The van der Waals surface area contributed by atoms with E-state index in [0.717, 1.165) is 48.6 Å². The number of hydrogen-bond acceptors (Lipinski definition) is 3. The summed E-state index contributed by atoms with van der Waals surface area (Å²) in [6.45, 7) is 3.99. The molecule has 1 fully saturated rings. The molecule has 2 heterocycles. The Morgan fingerprint density at radius 1 is 1.20 bits per heavy atom. The van der Waals surface area contributed by atoms with Gasteiger partial charge in [0, 0.05) is 24.5 Å². The molecule has 0 N–H and O–H groups in total. The highest BCUT2D eigenvalue weighted by Gasteiger charge is 2.14. The first kappa shape index (κ1) is 17.7. The molecule has 128 valence electrons. The summed E-state index contributed by atoms with van der Waals surface area (Å²) in [6, 6.07) is 12.7. The van der Waals surface area contributed by atoms with Crippen molar-refractivity contribution >= 4 is 11.9 Å². The SMILES string of the molecule is Cc1cccc(C#CC=C2CCN(SCc3cccc(F)c3)CC2)n1. The van der Waals surface area contributed by atoms with Gasteiger partial charge in [-0.15, -0.1) is 0 Å². The van der Waals surface area contributed by atoms with Gasteiger partial charge in [0.1, 0.15) is 11.5 Å². The van der Waals surface area contributed by atoms with E-state index in [1.807, 2.05) is 37.3 Å². The molecule has 0 saturated carbocycles. The molecule has 0 aliphatic carbocycles. The van der Waals surface area contributed by atoms with E-state index >= 15 is 0 Å². The summed E-state index contributed by atoms with van der Waals surface area (Å²) >= 11 is 1.78. The van der Waals surface area contributed by atoms with Crippen molar-refractivity contribution in [1.82, 2.24) is 9.29 Å². The van der Waals surface area contributed by atoms with E-state index in [9.17, 15) is 4.39 Å². The van der Waals surface area contributed by atoms with E-state index in [1.165, 1.54) is 11.6 Å². The number of nitrogens with zero attached hydrogens (tertiary/aromatic N) is 2. The maximum absolute atomic E-state index is 13.2. The second-order valence-electron chi connectivity index (χ2n) is 6.07. The second-order valence-corrected chi connectivity index (χ2v) is 7.13. The number of allylic oxidation sites excluding steroid dienone is 1. The first-order valence-corrected chi connectivity index (χ1v) is 9.39. The summed E-state index contributed by atoms with van der Waals surface area (Å²) in [7, 11) is 0. The normalized spacial score (nSPS) is 14.7. The lowest BCUT2D eigenvalue weighted by atomic mass is 10.1. The van der Waals surface area contributed by atoms with Gasteiger partial charge in [-0.05, 0) is 61.6 Å². The van der Waals surface area contributed by atoms with Crippen molar-refractivity contribution in [3.8, 4) is 11.8 Å². The molecule has 1 aliphatic heterocycles. The van der Waals surface area contributed by atoms with Gasteiger partial charge in [-0.1, -0.05) is 41.6 Å². The van der Waals surface area contributed by atoms with Crippen molar-refractivity contribution < 1.29 is 4.39 Å². The first-order chi connectivity index (χ1) is 12.2. The monoisotopic (exact) mass is 352 g/mol. The summed E-state index contributed by atoms with van der Waals surface area (Å²) in [5.74, 6) is 6.89. The van der Waals surface area contributed by atoms with Crippen molar-refractivity contribution in [2.45, 2.75) is 25.5 Å². The van der Waals surface area contributed by atoms with Crippen molar-refractivity contribution in [3.63, 3.8) is 0 Å². The Kier molecular flexibility index (Phi) is 6.27. The van der Waals surface area contributed by atoms with Crippen LogP contribution in [-0.4, -0.2) is 22.4 Å². The molecule has 1 aromatic heterocycles. The van der Waals surface area contributed by atoms with Crippen LogP contribution in [0.5, 0.6) is 0 Å². The predicted octanol–water partition coefficient (Wildman–Crippen LogP) is 4.75. The molecule has 4 heteroatoms. The Labute approximate surface area is 153 Å². The minimum atomic E-state index is -0.163. The zero-order valence-electron chi connectivity index (χ0n) is 14.3. The van der Waals surface area contributed by atoms with Gasteiger partial charge < -0.3 is 0 Å². The largest absolute Gasteiger partial charge is 0.250 e. The third-order valence-corrected chi connectivity index (χ3v) is 5.23. The highest BCUT2D eigenvalue weighted by molar-refractivity contribution is 7.96. The molecule has 0 radical (unpaired) electrons. The van der Waals surface area contributed by atoms with Gasteiger partial charge in [0.2, 0.25) is 0 Å². The number of aryl methyl sites for hydroxylation is 1. The van der Waals surface area contributed by atoms with Gasteiger partial charge in [-0.25, -0.2) is 13.7 Å². The maximum Gasteiger partial charge on any atom is 0.123 e. The highest BCUT2D eigenvalue weighted by atomic mass is 32.2. The molecular weight excluding hydrogens is 331 g/mol. The maximum atomic E-state index is 13.2. The fourth-order valence-corrected chi connectivity index (χ4v) is 3.62. The van der Waals surface area contributed by atoms with E-state index in [1.54, 1.807) is 24.1 Å². The molecular formula is C21H21FN2S. The topological polar surface area (TPSA) is 16.1 Å². The number of benzene rings is 1. The van der Waals surface area contributed by atoms with Crippen molar-refractivity contribution in [3.05, 3.63) is 76.9 Å². The molecule has 3 rings (SSSR count). The molecule has 1 saturated heterocycles. The highest BCUT2D eigenvalue weighted by Crippen LogP contribution is 2.24. The number of piperidine rings is 1. The summed E-state index contributed by atoms with van der Waals surface area (Å²) in [5.41, 5.74) is 4.23. The van der Waals surface area contributed by atoms with Crippen LogP contribution < -0.4 is 0 Å². The first-order valence-electron chi connectivity index (χ1n) is 8.44. The molecule has 0 amide bonds. The van der Waals surface area contributed by atoms with Crippen LogP contribution in [-0.2, 0) is 5.75 Å². The van der Waals surface area contributed by atoms with Gasteiger partial charge in [-0.2, -0.15) is 0 Å². The average molecular weight is 352 g/mol. The number of pyridine rings is 1. The molecule has 25 heavy (non-hydrogen) atoms. The molecule has 1 aliphatic rings. The van der Waals surface area contributed by atoms with E-state index in [2.05, 4.69) is 21.1 Å². The van der Waals surface area contributed by atoms with Crippen LogP contribution in [0.3, 0.4) is 0 Å². The predicted molar refractivity (Wildman–Crippen MR) is 102 cm³/mol. The van der Waals surface area contributed by atoms with Gasteiger partial charge in [0.05, 0.1) is 0 Å². The van der Waals surface area contributed by atoms with E-state index in [-0.39, 0.29) is 5.82 Å². The van der Waals surface area contributed by atoms with Crippen LogP contribution in [0.2, 0.25) is 0 Å². The Hall–Kier alpha value is -2.09. The third kappa shape index (κ3) is 5.74. The van der Waals surface area contributed by atoms with Crippen LogP contribution in [0, 0.1) is 24.6 Å². The smallest absolute Gasteiger partial charge is 0.123 e. The fourth-order valence-electron chi connectivity index (χ4n) is 2.66. The molecule has 0 bridgehead atoms. The fraction of sp³-hybridized carbons (Fsp3) is 0.286. The van der Waals surface area contributed by atoms with Gasteiger partial charge in [-0.3, -0.25) is 0 Å². The van der Waals surface area contributed by atoms with Crippen molar-refractivity contribution in [2.75, 3.05) is 13.1 Å². The summed E-state index contributed by atoms with van der Waals surface area (Å²) in [4.78, 5) is 4.39. The van der Waals surface area contributed by atoms with E-state index in [4.69, 9.17) is 0 Å². The third-order valence-electron chi connectivity index (χ3n) is 4.03. The minimum Gasteiger partial charge on any atom is -0.250 e. The van der Waals surface area contributed by atoms with Crippen molar-refractivity contribution in [1.29, 1.82) is 0 Å². The standard InChI is InChI=1S/C21H21FN2S/c1-17-5-2-9-21(23-17)10-4-6-18-11-13-24(14-12-18)25-16-19-7-3-8-20(22)15-19/h2-3,5-9,15H,11-14,16H2,1H3. The Bertz CT molecular complexity index is 810. The van der Waals surface area contributed by atoms with Crippen LogP contribution in [0.4, 0.5) is 4.39 Å². The molecule has 2 aromatic rings. The van der Waals surface area contributed by atoms with Crippen LogP contribution in [0.1, 0.15) is 29.8 Å². The Morgan fingerprint density at radius 3 is 2.76 bits per heavy atom. The lowest BCUT2D eigenvalue weighted by Gasteiger charge is -2.26. The van der Waals surface area contributed by atoms with Crippen LogP contribution >= 0.6 is 11.9 Å². The summed E-state index contributed by atoms with van der Waals surface area (Å²) in [6.07, 6.45) is 4.11. The molecule has 0 atom stereocenters. The summed E-state index contributed by atoms with van der Waals surface area (Å²) in [5, 5.41) is 0. The second kappa shape index (κ2) is 8.84. The number of rotatable bonds is 3. The zero-order chi connectivity index (χ0) is 17.5. The number of aromatic nitrogens is 1. The Morgan fingerprint density at radius 2 is 2.00 bits per heavy atom. The molecule has 0 unspecified atom stereocenters. The number of hydrogen-bond donors (Lipinski definition) is 0. The summed E-state index contributed by atoms with van der Waals surface area (Å²) < 4.78 is 15.6.